The molecule has 0 heterocycles. The Labute approximate surface area is 157 Å². The molecule has 1 saturated carbocycles. The van der Waals surface area contributed by atoms with E-state index in [2.05, 4.69) is 0 Å². The fraction of sp³-hybridized carbons (Fsp3) is 0.333. The topological polar surface area (TPSA) is 0 Å². The molecule has 1 fully saturated rings. The van der Waals surface area contributed by atoms with Crippen molar-refractivity contribution < 1.29 is 30.7 Å². The molecule has 2 aromatic rings. The lowest BCUT2D eigenvalue weighted by molar-refractivity contribution is 0.347. The average molecular weight is 402 g/mol. The highest BCUT2D eigenvalue weighted by molar-refractivity contribution is 5.66. The number of rotatable bonds is 3. The molecule has 0 unspecified atom stereocenters. The summed E-state index contributed by atoms with van der Waals surface area (Å²) in [6.07, 6.45) is 5.79. The molecule has 1 aliphatic rings. The summed E-state index contributed by atoms with van der Waals surface area (Å²) in [6, 6.07) is 0.585. The number of benzene rings is 2. The first-order valence-corrected chi connectivity index (χ1v) is 8.89. The van der Waals surface area contributed by atoms with Crippen molar-refractivity contribution in [2.24, 2.45) is 5.92 Å². The van der Waals surface area contributed by atoms with Crippen molar-refractivity contribution in [2.45, 2.75) is 38.5 Å². The van der Waals surface area contributed by atoms with Crippen LogP contribution in [0.5, 0.6) is 0 Å². The van der Waals surface area contributed by atoms with Gasteiger partial charge in [-0.3, -0.25) is 0 Å². The van der Waals surface area contributed by atoms with Crippen LogP contribution in [0.2, 0.25) is 0 Å². The maximum Gasteiger partial charge on any atom is 0.194 e. The van der Waals surface area contributed by atoms with Crippen molar-refractivity contribution >= 4 is 0 Å². The van der Waals surface area contributed by atoms with E-state index in [1.54, 1.807) is 0 Å². The summed E-state index contributed by atoms with van der Waals surface area (Å²) >= 11 is 0. The maximum absolute atomic E-state index is 14.6. The Hall–Kier alpha value is -2.31. The number of allylic oxidation sites excluding steroid dienone is 2. The zero-order valence-corrected chi connectivity index (χ0v) is 14.9. The molecule has 0 aliphatic heterocycles. The Bertz CT molecular complexity index is 873. The summed E-state index contributed by atoms with van der Waals surface area (Å²) < 4.78 is 98.3. The molecule has 0 saturated heterocycles. The predicted molar refractivity (Wildman–Crippen MR) is 91.1 cm³/mol. The van der Waals surface area contributed by atoms with Crippen LogP contribution >= 0.6 is 0 Å². The van der Waals surface area contributed by atoms with E-state index in [9.17, 15) is 30.7 Å². The third kappa shape index (κ3) is 3.54. The molecule has 0 atom stereocenters. The summed E-state index contributed by atoms with van der Waals surface area (Å²) in [7, 11) is 0. The summed E-state index contributed by atoms with van der Waals surface area (Å²) in [5.41, 5.74) is -2.78. The van der Waals surface area contributed by atoms with Crippen LogP contribution in [0, 0.1) is 46.6 Å². The van der Waals surface area contributed by atoms with Gasteiger partial charge in [-0.1, -0.05) is 12.2 Å². The molecule has 1 aliphatic carbocycles. The third-order valence-electron chi connectivity index (χ3n) is 5.21. The van der Waals surface area contributed by atoms with Gasteiger partial charge in [0, 0.05) is 5.56 Å². The molecule has 0 aromatic heterocycles. The second kappa shape index (κ2) is 7.97. The Morgan fingerprint density at radius 3 is 1.68 bits per heavy atom. The lowest BCUT2D eigenvalue weighted by Gasteiger charge is -2.28. The van der Waals surface area contributed by atoms with Gasteiger partial charge in [-0.2, -0.15) is 0 Å². The smallest absolute Gasteiger partial charge is 0.194 e. The van der Waals surface area contributed by atoms with E-state index in [-0.39, 0.29) is 5.92 Å². The highest BCUT2D eigenvalue weighted by Crippen LogP contribution is 2.42. The van der Waals surface area contributed by atoms with Crippen LogP contribution in [0.25, 0.3) is 11.1 Å². The minimum Gasteiger partial charge on any atom is -0.204 e. The van der Waals surface area contributed by atoms with Crippen molar-refractivity contribution in [2.75, 3.05) is 0 Å². The Kier molecular flexibility index (Phi) is 5.82. The van der Waals surface area contributed by atoms with E-state index in [0.29, 0.717) is 37.8 Å². The van der Waals surface area contributed by atoms with Gasteiger partial charge >= 0.3 is 0 Å². The second-order valence-electron chi connectivity index (χ2n) is 6.94. The van der Waals surface area contributed by atoms with E-state index in [1.165, 1.54) is 0 Å². The van der Waals surface area contributed by atoms with Gasteiger partial charge in [0.05, 0.1) is 5.56 Å². The zero-order valence-electron chi connectivity index (χ0n) is 14.9. The highest BCUT2D eigenvalue weighted by atomic mass is 19.2. The van der Waals surface area contributed by atoms with Crippen molar-refractivity contribution in [1.82, 2.24) is 0 Å². The van der Waals surface area contributed by atoms with Gasteiger partial charge in [0.1, 0.15) is 0 Å². The standard InChI is InChI=1S/C21H17F7/c1-2-3-10-4-6-11(7-5-10)15-18(25)20(27)16(21(28)19(15)26)12-8-13(22)17(24)14(23)9-12/h2-3,8-11H,4-7H2,1H3. The molecular formula is C21H17F7. The second-order valence-corrected chi connectivity index (χ2v) is 6.94. The van der Waals surface area contributed by atoms with E-state index in [1.807, 2.05) is 19.1 Å². The minimum atomic E-state index is -1.85. The Morgan fingerprint density at radius 2 is 1.21 bits per heavy atom. The van der Waals surface area contributed by atoms with Crippen molar-refractivity contribution in [3.63, 3.8) is 0 Å². The quantitative estimate of drug-likeness (QED) is 0.221. The maximum atomic E-state index is 14.6. The van der Waals surface area contributed by atoms with Crippen molar-refractivity contribution in [3.05, 3.63) is 70.6 Å². The minimum absolute atomic E-state index is 0.242. The Balaban J connectivity index is 2.06. The molecule has 0 nitrogen and oxygen atoms in total. The van der Waals surface area contributed by atoms with Gasteiger partial charge in [0.15, 0.2) is 40.7 Å². The van der Waals surface area contributed by atoms with Crippen LogP contribution in [-0.4, -0.2) is 0 Å². The molecule has 0 spiro atoms. The highest BCUT2D eigenvalue weighted by Gasteiger charge is 2.33. The van der Waals surface area contributed by atoms with Crippen LogP contribution < -0.4 is 0 Å². The summed E-state index contributed by atoms with van der Waals surface area (Å²) in [4.78, 5) is 0. The lowest BCUT2D eigenvalue weighted by atomic mass is 9.78. The number of hydrogen-bond acceptors (Lipinski definition) is 0. The molecule has 0 radical (unpaired) electrons. The molecule has 0 bridgehead atoms. The number of hydrogen-bond donors (Lipinski definition) is 0. The molecule has 150 valence electrons. The van der Waals surface area contributed by atoms with E-state index in [0.717, 1.165) is 0 Å². The lowest BCUT2D eigenvalue weighted by Crippen LogP contribution is -2.17. The monoisotopic (exact) mass is 402 g/mol. The fourth-order valence-electron chi connectivity index (χ4n) is 3.83. The summed E-state index contributed by atoms with van der Waals surface area (Å²) in [5, 5.41) is 0. The van der Waals surface area contributed by atoms with Gasteiger partial charge in [-0.05, 0) is 62.1 Å². The van der Waals surface area contributed by atoms with Gasteiger partial charge in [0.2, 0.25) is 0 Å². The fourth-order valence-corrected chi connectivity index (χ4v) is 3.83. The van der Waals surface area contributed by atoms with Crippen LogP contribution in [0.1, 0.15) is 44.1 Å². The number of halogens is 7. The molecule has 3 rings (SSSR count). The van der Waals surface area contributed by atoms with Crippen LogP contribution in [-0.2, 0) is 0 Å². The first-order valence-electron chi connectivity index (χ1n) is 8.89. The van der Waals surface area contributed by atoms with E-state index < -0.39 is 63.3 Å². The third-order valence-corrected chi connectivity index (χ3v) is 5.21. The van der Waals surface area contributed by atoms with Crippen molar-refractivity contribution in [3.8, 4) is 11.1 Å². The van der Waals surface area contributed by atoms with Crippen LogP contribution in [0.4, 0.5) is 30.7 Å². The van der Waals surface area contributed by atoms with Gasteiger partial charge in [0.25, 0.3) is 0 Å². The zero-order chi connectivity index (χ0) is 20.6. The van der Waals surface area contributed by atoms with Crippen molar-refractivity contribution in [1.29, 1.82) is 0 Å². The molecule has 2 aromatic carbocycles. The van der Waals surface area contributed by atoms with Gasteiger partial charge in [-0.25, -0.2) is 30.7 Å². The molecule has 0 amide bonds. The SMILES string of the molecule is CC=CC1CCC(c2c(F)c(F)c(-c3cc(F)c(F)c(F)c3)c(F)c2F)CC1. The van der Waals surface area contributed by atoms with Crippen LogP contribution in [0.15, 0.2) is 24.3 Å². The van der Waals surface area contributed by atoms with Gasteiger partial charge in [-0.15, -0.1) is 0 Å². The van der Waals surface area contributed by atoms with E-state index in [4.69, 9.17) is 0 Å². The Morgan fingerprint density at radius 1 is 0.714 bits per heavy atom. The molecule has 28 heavy (non-hydrogen) atoms. The first kappa shape index (κ1) is 20.4. The summed E-state index contributed by atoms with van der Waals surface area (Å²) in [6.45, 7) is 1.86. The largest absolute Gasteiger partial charge is 0.204 e. The predicted octanol–water partition coefficient (Wildman–Crippen LogP) is 7.18. The van der Waals surface area contributed by atoms with E-state index >= 15 is 0 Å². The van der Waals surface area contributed by atoms with Gasteiger partial charge < -0.3 is 0 Å². The molecule has 7 heteroatoms. The average Bonchev–Trinajstić information content (AvgIpc) is 2.66. The molecule has 0 N–H and O–H groups in total. The van der Waals surface area contributed by atoms with Crippen LogP contribution in [0.3, 0.4) is 0 Å². The first-order chi connectivity index (χ1) is 13.3. The summed E-state index contributed by atoms with van der Waals surface area (Å²) in [5.74, 6) is -12.4. The normalized spacial score (nSPS) is 20.1. The molecular weight excluding hydrogens is 385 g/mol.